The van der Waals surface area contributed by atoms with Gasteiger partial charge in [-0.2, -0.15) is 0 Å². The van der Waals surface area contributed by atoms with Gasteiger partial charge in [-0.25, -0.2) is 0 Å². The molecule has 2 heterocycles. The summed E-state index contributed by atoms with van der Waals surface area (Å²) in [6, 6.07) is 10.5. The van der Waals surface area contributed by atoms with E-state index in [-0.39, 0.29) is 6.04 Å². The monoisotopic (exact) mass is 296 g/mol. The van der Waals surface area contributed by atoms with Gasteiger partial charge in [-0.15, -0.1) is 0 Å². The highest BCUT2D eigenvalue weighted by molar-refractivity contribution is 6.30. The number of hydrogen-bond acceptors (Lipinski definition) is 2. The second kappa shape index (κ2) is 4.88. The van der Waals surface area contributed by atoms with Crippen LogP contribution in [0.5, 0.6) is 0 Å². The minimum atomic E-state index is 0.263. The summed E-state index contributed by atoms with van der Waals surface area (Å²) in [5, 5.41) is 4.54. The van der Waals surface area contributed by atoms with Crippen LogP contribution in [0.4, 0.5) is 5.69 Å². The zero-order valence-electron chi connectivity index (χ0n) is 11.9. The zero-order valence-corrected chi connectivity index (χ0v) is 12.6. The van der Waals surface area contributed by atoms with Crippen molar-refractivity contribution < 1.29 is 0 Å². The third-order valence-electron chi connectivity index (χ3n) is 4.64. The van der Waals surface area contributed by atoms with E-state index in [0.29, 0.717) is 11.8 Å². The molecule has 1 aliphatic heterocycles. The van der Waals surface area contributed by atoms with E-state index in [1.165, 1.54) is 16.8 Å². The number of halogens is 1. The van der Waals surface area contributed by atoms with E-state index in [1.807, 2.05) is 18.3 Å². The Morgan fingerprint density at radius 1 is 1.29 bits per heavy atom. The highest BCUT2D eigenvalue weighted by Gasteiger charge is 2.39. The minimum Gasteiger partial charge on any atom is -0.376 e. The van der Waals surface area contributed by atoms with Gasteiger partial charge < -0.3 is 5.32 Å². The number of benzene rings is 1. The number of rotatable bonds is 1. The number of pyridine rings is 1. The molecule has 0 saturated heterocycles. The molecule has 0 bridgehead atoms. The number of fused-ring (bicyclic) bond motifs is 3. The van der Waals surface area contributed by atoms with Crippen LogP contribution in [0.1, 0.15) is 35.2 Å². The number of allylic oxidation sites excluding steroid dienone is 2. The quantitative estimate of drug-likeness (QED) is 0.759. The molecule has 0 fully saturated rings. The first-order chi connectivity index (χ1) is 10.2. The minimum absolute atomic E-state index is 0.263. The summed E-state index contributed by atoms with van der Waals surface area (Å²) in [5.74, 6) is 0.955. The molecule has 0 saturated carbocycles. The van der Waals surface area contributed by atoms with Gasteiger partial charge in [0.1, 0.15) is 0 Å². The zero-order chi connectivity index (χ0) is 14.4. The molecule has 1 aromatic carbocycles. The number of aromatic nitrogens is 1. The number of aryl methyl sites for hydroxylation is 1. The predicted molar refractivity (Wildman–Crippen MR) is 86.8 cm³/mol. The smallest absolute Gasteiger partial charge is 0.0725 e. The summed E-state index contributed by atoms with van der Waals surface area (Å²) in [7, 11) is 0. The highest BCUT2D eigenvalue weighted by Crippen LogP contribution is 2.50. The molecule has 1 aliphatic carbocycles. The van der Waals surface area contributed by atoms with Crippen LogP contribution in [0.2, 0.25) is 5.02 Å². The molecule has 2 aromatic rings. The van der Waals surface area contributed by atoms with E-state index >= 15 is 0 Å². The normalized spacial score (nSPS) is 26.1. The second-order valence-corrected chi connectivity index (χ2v) is 6.35. The Morgan fingerprint density at radius 2 is 2.19 bits per heavy atom. The topological polar surface area (TPSA) is 24.9 Å². The molecule has 2 aliphatic rings. The lowest BCUT2D eigenvalue weighted by Gasteiger charge is -2.37. The van der Waals surface area contributed by atoms with Crippen molar-refractivity contribution in [2.75, 3.05) is 5.32 Å². The summed E-state index contributed by atoms with van der Waals surface area (Å²) < 4.78 is 0. The number of nitrogens with zero attached hydrogens (tertiary/aromatic N) is 1. The second-order valence-electron chi connectivity index (χ2n) is 5.92. The number of anilines is 1. The van der Waals surface area contributed by atoms with Crippen LogP contribution in [0.3, 0.4) is 0 Å². The van der Waals surface area contributed by atoms with Gasteiger partial charge in [-0.3, -0.25) is 4.98 Å². The largest absolute Gasteiger partial charge is 0.376 e. The van der Waals surface area contributed by atoms with Crippen molar-refractivity contribution in [2.45, 2.75) is 25.3 Å². The Hall–Kier alpha value is -1.80. The molecule has 0 radical (unpaired) electrons. The first kappa shape index (κ1) is 12.9. The van der Waals surface area contributed by atoms with Crippen molar-refractivity contribution in [2.24, 2.45) is 5.92 Å². The highest BCUT2D eigenvalue weighted by atomic mass is 35.5. The van der Waals surface area contributed by atoms with Gasteiger partial charge in [0.05, 0.1) is 11.7 Å². The van der Waals surface area contributed by atoms with E-state index in [0.717, 1.165) is 17.1 Å². The van der Waals surface area contributed by atoms with Crippen molar-refractivity contribution in [3.8, 4) is 0 Å². The van der Waals surface area contributed by atoms with Crippen molar-refractivity contribution in [3.63, 3.8) is 0 Å². The molecular formula is C18H17ClN2. The molecule has 3 atom stereocenters. The third-order valence-corrected chi connectivity index (χ3v) is 4.86. The van der Waals surface area contributed by atoms with Crippen LogP contribution >= 0.6 is 11.6 Å². The first-order valence-corrected chi connectivity index (χ1v) is 7.76. The van der Waals surface area contributed by atoms with Crippen LogP contribution in [0.15, 0.2) is 48.7 Å². The van der Waals surface area contributed by atoms with Crippen molar-refractivity contribution in [3.05, 3.63) is 70.5 Å². The van der Waals surface area contributed by atoms with Gasteiger partial charge in [0.2, 0.25) is 0 Å². The average Bonchev–Trinajstić information content (AvgIpc) is 2.97. The van der Waals surface area contributed by atoms with Gasteiger partial charge in [0, 0.05) is 22.8 Å². The maximum Gasteiger partial charge on any atom is 0.0725 e. The fraction of sp³-hybridized carbons (Fsp3) is 0.278. The van der Waals surface area contributed by atoms with E-state index in [1.54, 1.807) is 0 Å². The van der Waals surface area contributed by atoms with Gasteiger partial charge >= 0.3 is 0 Å². The number of hydrogen-bond donors (Lipinski definition) is 1. The van der Waals surface area contributed by atoms with E-state index in [2.05, 4.69) is 47.6 Å². The summed E-state index contributed by atoms with van der Waals surface area (Å²) in [4.78, 5) is 4.57. The molecule has 1 N–H and O–H groups in total. The fourth-order valence-corrected chi connectivity index (χ4v) is 3.98. The van der Waals surface area contributed by atoms with E-state index in [9.17, 15) is 0 Å². The molecule has 2 nitrogen and oxygen atoms in total. The van der Waals surface area contributed by atoms with Crippen LogP contribution < -0.4 is 5.32 Å². The summed E-state index contributed by atoms with van der Waals surface area (Å²) >= 11 is 6.26. The Bertz CT molecular complexity index is 709. The van der Waals surface area contributed by atoms with Crippen molar-refractivity contribution in [1.82, 2.24) is 4.98 Å². The first-order valence-electron chi connectivity index (χ1n) is 7.38. The molecule has 0 spiro atoms. The molecule has 3 heteroatoms. The maximum absolute atomic E-state index is 6.26. The van der Waals surface area contributed by atoms with Gasteiger partial charge in [0.25, 0.3) is 0 Å². The molecule has 4 rings (SSSR count). The lowest BCUT2D eigenvalue weighted by atomic mass is 9.77. The average molecular weight is 297 g/mol. The van der Waals surface area contributed by atoms with Gasteiger partial charge in [-0.1, -0.05) is 29.8 Å². The van der Waals surface area contributed by atoms with Crippen LogP contribution in [-0.2, 0) is 0 Å². The molecule has 21 heavy (non-hydrogen) atoms. The Kier molecular flexibility index (Phi) is 3.00. The standard InChI is InChI=1S/C18H17ClN2/c1-11-9-12(19)10-15-13-5-4-6-14(13)18(21-17(11)15)16-7-2-3-8-20-16/h2-5,7-10,13-14,18,21H,6H2,1H3/t13-,14+,18-/m0/s1. The molecule has 1 aromatic heterocycles. The Balaban J connectivity index is 1.84. The lowest BCUT2D eigenvalue weighted by molar-refractivity contribution is 0.418. The lowest BCUT2D eigenvalue weighted by Crippen LogP contribution is -2.30. The Labute approximate surface area is 129 Å². The van der Waals surface area contributed by atoms with Gasteiger partial charge in [0.15, 0.2) is 0 Å². The van der Waals surface area contributed by atoms with Gasteiger partial charge in [-0.05, 0) is 54.7 Å². The molecule has 106 valence electrons. The summed E-state index contributed by atoms with van der Waals surface area (Å²) in [6.45, 7) is 2.12. The SMILES string of the molecule is Cc1cc(Cl)cc2c1N[C@H](c1ccccn1)[C@@H]1CC=C[C@H]21. The van der Waals surface area contributed by atoms with Crippen molar-refractivity contribution in [1.29, 1.82) is 0 Å². The predicted octanol–water partition coefficient (Wildman–Crippen LogP) is 4.87. The van der Waals surface area contributed by atoms with Crippen LogP contribution in [0, 0.1) is 12.8 Å². The Morgan fingerprint density at radius 3 is 3.00 bits per heavy atom. The van der Waals surface area contributed by atoms with Crippen LogP contribution in [0.25, 0.3) is 0 Å². The van der Waals surface area contributed by atoms with Crippen molar-refractivity contribution >= 4 is 17.3 Å². The molecular weight excluding hydrogens is 280 g/mol. The van der Waals surface area contributed by atoms with E-state index in [4.69, 9.17) is 11.6 Å². The maximum atomic E-state index is 6.26. The third kappa shape index (κ3) is 2.06. The van der Waals surface area contributed by atoms with Crippen LogP contribution in [-0.4, -0.2) is 4.98 Å². The fourth-order valence-electron chi connectivity index (χ4n) is 3.69. The summed E-state index contributed by atoms with van der Waals surface area (Å²) in [5.41, 5.74) is 4.88. The number of nitrogens with one attached hydrogen (secondary N) is 1. The summed E-state index contributed by atoms with van der Waals surface area (Å²) in [6.07, 6.45) is 7.58. The molecule has 0 amide bonds. The van der Waals surface area contributed by atoms with E-state index < -0.39 is 0 Å². The molecule has 0 unspecified atom stereocenters.